The van der Waals surface area contributed by atoms with Gasteiger partial charge in [-0.25, -0.2) is 4.79 Å². The molecule has 4 nitrogen and oxygen atoms in total. The highest BCUT2D eigenvalue weighted by atomic mass is 16.5. The van der Waals surface area contributed by atoms with Gasteiger partial charge in [0.1, 0.15) is 6.10 Å². The summed E-state index contributed by atoms with van der Waals surface area (Å²) in [4.78, 5) is 28.0. The van der Waals surface area contributed by atoms with Crippen molar-refractivity contribution >= 4 is 11.8 Å². The zero-order valence-electron chi connectivity index (χ0n) is 19.1. The van der Waals surface area contributed by atoms with Crippen LogP contribution in [-0.2, 0) is 4.74 Å². The van der Waals surface area contributed by atoms with Gasteiger partial charge < -0.3 is 4.74 Å². The fourth-order valence-electron chi connectivity index (χ4n) is 4.72. The first-order valence-corrected chi connectivity index (χ1v) is 11.7. The van der Waals surface area contributed by atoms with Gasteiger partial charge in [-0.1, -0.05) is 85.3 Å². The standard InChI is InChI=1S/C29H31NO3/c1-30-25(20-27(31)22-12-5-2-6-13-22)18-11-19-26(30)21-28(23-14-7-3-8-15-23)33-29(32)24-16-9-4-10-17-24/h2-10,12-17,25-26,28H,11,18-21H2,1H3/t25-,26+,28+/m1/s1. The quantitative estimate of drug-likeness (QED) is 0.313. The van der Waals surface area contributed by atoms with Crippen LogP contribution in [0, 0.1) is 0 Å². The van der Waals surface area contributed by atoms with Crippen molar-refractivity contribution in [2.45, 2.75) is 50.3 Å². The first-order valence-electron chi connectivity index (χ1n) is 11.7. The molecule has 3 aromatic carbocycles. The van der Waals surface area contributed by atoms with Gasteiger partial charge in [0.2, 0.25) is 0 Å². The lowest BCUT2D eigenvalue weighted by molar-refractivity contribution is 0.0116. The lowest BCUT2D eigenvalue weighted by atomic mass is 9.88. The van der Waals surface area contributed by atoms with Crippen LogP contribution in [0.25, 0.3) is 0 Å². The molecule has 1 heterocycles. The summed E-state index contributed by atoms with van der Waals surface area (Å²) in [6, 6.07) is 29.0. The van der Waals surface area contributed by atoms with Crippen LogP contribution in [0.15, 0.2) is 91.0 Å². The molecule has 0 amide bonds. The van der Waals surface area contributed by atoms with Gasteiger partial charge in [-0.2, -0.15) is 0 Å². The molecule has 0 bridgehead atoms. The summed E-state index contributed by atoms with van der Waals surface area (Å²) in [6.07, 6.45) is 3.97. The van der Waals surface area contributed by atoms with Gasteiger partial charge in [0.25, 0.3) is 0 Å². The van der Waals surface area contributed by atoms with E-state index in [1.807, 2.05) is 78.9 Å². The van der Waals surface area contributed by atoms with E-state index < -0.39 is 0 Å². The molecule has 4 rings (SSSR count). The summed E-state index contributed by atoms with van der Waals surface area (Å²) < 4.78 is 6.03. The summed E-state index contributed by atoms with van der Waals surface area (Å²) in [5.41, 5.74) is 2.33. The summed E-state index contributed by atoms with van der Waals surface area (Å²) in [5.74, 6) is -0.123. The number of carbonyl (C=O) groups is 2. The third-order valence-corrected chi connectivity index (χ3v) is 6.66. The monoisotopic (exact) mass is 441 g/mol. The van der Waals surface area contributed by atoms with Gasteiger partial charge in [0, 0.05) is 30.5 Å². The second kappa shape index (κ2) is 11.1. The van der Waals surface area contributed by atoms with Gasteiger partial charge in [0.15, 0.2) is 5.78 Å². The largest absolute Gasteiger partial charge is 0.454 e. The van der Waals surface area contributed by atoms with Crippen LogP contribution in [0.5, 0.6) is 0 Å². The predicted molar refractivity (Wildman–Crippen MR) is 130 cm³/mol. The fourth-order valence-corrected chi connectivity index (χ4v) is 4.72. The van der Waals surface area contributed by atoms with Gasteiger partial charge in [0.05, 0.1) is 5.56 Å². The number of likely N-dealkylation sites (tertiary alicyclic amines) is 1. The molecule has 3 atom stereocenters. The van der Waals surface area contributed by atoms with Crippen molar-refractivity contribution in [1.82, 2.24) is 4.90 Å². The van der Waals surface area contributed by atoms with Crippen LogP contribution in [0.2, 0.25) is 0 Å². The van der Waals surface area contributed by atoms with E-state index in [4.69, 9.17) is 4.74 Å². The molecule has 3 aromatic rings. The molecule has 4 heteroatoms. The predicted octanol–water partition coefficient (Wildman–Crippen LogP) is 6.10. The molecule has 33 heavy (non-hydrogen) atoms. The Hall–Kier alpha value is -3.24. The van der Waals surface area contributed by atoms with E-state index in [9.17, 15) is 9.59 Å². The molecule has 0 aliphatic carbocycles. The summed E-state index contributed by atoms with van der Waals surface area (Å²) in [7, 11) is 2.10. The number of ether oxygens (including phenoxy) is 1. The fraction of sp³-hybridized carbons (Fsp3) is 0.310. The summed E-state index contributed by atoms with van der Waals surface area (Å²) in [6.45, 7) is 0. The molecule has 1 fully saturated rings. The average molecular weight is 442 g/mol. The van der Waals surface area contributed by atoms with Crippen LogP contribution in [0.4, 0.5) is 0 Å². The molecule has 0 radical (unpaired) electrons. The Kier molecular flexibility index (Phi) is 7.69. The highest BCUT2D eigenvalue weighted by Gasteiger charge is 2.32. The molecule has 1 saturated heterocycles. The Morgan fingerprint density at radius 1 is 0.818 bits per heavy atom. The summed E-state index contributed by atoms with van der Waals surface area (Å²) >= 11 is 0. The molecule has 0 spiro atoms. The van der Waals surface area contributed by atoms with E-state index in [0.717, 1.165) is 30.4 Å². The molecule has 1 aliphatic heterocycles. The normalized spacial score (nSPS) is 19.5. The second-order valence-corrected chi connectivity index (χ2v) is 8.80. The average Bonchev–Trinajstić information content (AvgIpc) is 2.87. The molecule has 0 aromatic heterocycles. The van der Waals surface area contributed by atoms with E-state index in [0.29, 0.717) is 18.4 Å². The van der Waals surface area contributed by atoms with E-state index in [1.165, 1.54) is 0 Å². The zero-order valence-corrected chi connectivity index (χ0v) is 19.1. The molecule has 0 N–H and O–H groups in total. The highest BCUT2D eigenvalue weighted by molar-refractivity contribution is 5.96. The first-order chi connectivity index (χ1) is 16.1. The van der Waals surface area contributed by atoms with Crippen LogP contribution < -0.4 is 0 Å². The number of Topliss-reactive ketones (excluding diaryl/α,β-unsaturated/α-hetero) is 1. The van der Waals surface area contributed by atoms with Crippen molar-refractivity contribution in [1.29, 1.82) is 0 Å². The van der Waals surface area contributed by atoms with Crippen molar-refractivity contribution in [3.8, 4) is 0 Å². The van der Waals surface area contributed by atoms with E-state index in [1.54, 1.807) is 12.1 Å². The highest BCUT2D eigenvalue weighted by Crippen LogP contribution is 2.32. The molecule has 0 saturated carbocycles. The Morgan fingerprint density at radius 3 is 2.00 bits per heavy atom. The van der Waals surface area contributed by atoms with Crippen molar-refractivity contribution in [3.05, 3.63) is 108 Å². The second-order valence-electron chi connectivity index (χ2n) is 8.80. The number of hydrogen-bond donors (Lipinski definition) is 0. The van der Waals surface area contributed by atoms with Crippen molar-refractivity contribution in [2.24, 2.45) is 0 Å². The van der Waals surface area contributed by atoms with Crippen molar-refractivity contribution < 1.29 is 14.3 Å². The lowest BCUT2D eigenvalue weighted by Crippen LogP contribution is -2.45. The molecular weight excluding hydrogens is 410 g/mol. The third-order valence-electron chi connectivity index (χ3n) is 6.66. The van der Waals surface area contributed by atoms with Crippen LogP contribution in [-0.4, -0.2) is 35.8 Å². The van der Waals surface area contributed by atoms with Crippen LogP contribution in [0.1, 0.15) is 64.5 Å². The number of hydrogen-bond acceptors (Lipinski definition) is 4. The number of esters is 1. The number of piperidine rings is 1. The van der Waals surface area contributed by atoms with Crippen molar-refractivity contribution in [3.63, 3.8) is 0 Å². The first kappa shape index (κ1) is 22.9. The number of ketones is 1. The van der Waals surface area contributed by atoms with Crippen LogP contribution in [0.3, 0.4) is 0 Å². The minimum absolute atomic E-state index is 0.184. The van der Waals surface area contributed by atoms with Gasteiger partial charge >= 0.3 is 5.97 Å². The van der Waals surface area contributed by atoms with Crippen molar-refractivity contribution in [2.75, 3.05) is 7.05 Å². The maximum Gasteiger partial charge on any atom is 0.338 e. The maximum absolute atomic E-state index is 12.8. The Morgan fingerprint density at radius 2 is 1.36 bits per heavy atom. The Balaban J connectivity index is 1.47. The van der Waals surface area contributed by atoms with E-state index in [-0.39, 0.29) is 29.9 Å². The minimum Gasteiger partial charge on any atom is -0.454 e. The molecular formula is C29H31NO3. The minimum atomic E-state index is -0.338. The van der Waals surface area contributed by atoms with E-state index >= 15 is 0 Å². The number of benzene rings is 3. The molecule has 1 aliphatic rings. The third kappa shape index (κ3) is 5.96. The number of rotatable bonds is 8. The number of nitrogens with zero attached hydrogens (tertiary/aromatic N) is 1. The number of carbonyl (C=O) groups excluding carboxylic acids is 2. The topological polar surface area (TPSA) is 46.6 Å². The SMILES string of the molecule is CN1[C@@H](CC(=O)c2ccccc2)CCC[C@H]1C[C@H](OC(=O)c1ccccc1)c1ccccc1. The Labute approximate surface area is 196 Å². The lowest BCUT2D eigenvalue weighted by Gasteiger charge is -2.40. The Bertz CT molecular complexity index is 1040. The summed E-state index contributed by atoms with van der Waals surface area (Å²) in [5, 5.41) is 0. The van der Waals surface area contributed by atoms with Crippen LogP contribution >= 0.6 is 0 Å². The zero-order chi connectivity index (χ0) is 23.0. The van der Waals surface area contributed by atoms with Gasteiger partial charge in [-0.05, 0) is 37.6 Å². The van der Waals surface area contributed by atoms with Gasteiger partial charge in [-0.3, -0.25) is 9.69 Å². The molecule has 0 unspecified atom stereocenters. The maximum atomic E-state index is 12.8. The van der Waals surface area contributed by atoms with Gasteiger partial charge in [-0.15, -0.1) is 0 Å². The molecule has 170 valence electrons. The smallest absolute Gasteiger partial charge is 0.338 e. The van der Waals surface area contributed by atoms with E-state index in [2.05, 4.69) is 11.9 Å².